The summed E-state index contributed by atoms with van der Waals surface area (Å²) in [7, 11) is -3.57. The van der Waals surface area contributed by atoms with Crippen LogP contribution in [0.25, 0.3) is 0 Å². The van der Waals surface area contributed by atoms with E-state index in [0.29, 0.717) is 19.4 Å². The first-order valence-corrected chi connectivity index (χ1v) is 11.7. The summed E-state index contributed by atoms with van der Waals surface area (Å²) in [6.45, 7) is 2.83. The maximum absolute atomic E-state index is 12.9. The maximum atomic E-state index is 12.9. The van der Waals surface area contributed by atoms with E-state index < -0.39 is 10.0 Å². The molecule has 1 unspecified atom stereocenters. The van der Waals surface area contributed by atoms with Gasteiger partial charge in [-0.25, -0.2) is 8.42 Å². The molecule has 2 aliphatic heterocycles. The largest absolute Gasteiger partial charge is 0.372 e. The SMILES string of the molecule is O=C(Nc1ccc(N2CCCC2)cc1)C1CCCN(S(=O)(=O)c2ccccc2)C1. The summed E-state index contributed by atoms with van der Waals surface area (Å²) < 4.78 is 27.2. The zero-order valence-corrected chi connectivity index (χ0v) is 17.3. The molecule has 2 aliphatic rings. The van der Waals surface area contributed by atoms with E-state index in [1.54, 1.807) is 30.3 Å². The predicted molar refractivity (Wildman–Crippen MR) is 114 cm³/mol. The Morgan fingerprint density at radius 2 is 1.59 bits per heavy atom. The molecule has 2 aromatic carbocycles. The van der Waals surface area contributed by atoms with E-state index in [9.17, 15) is 13.2 Å². The highest BCUT2D eigenvalue weighted by molar-refractivity contribution is 7.89. The minimum Gasteiger partial charge on any atom is -0.372 e. The normalized spacial score (nSPS) is 20.6. The number of nitrogens with one attached hydrogen (secondary N) is 1. The van der Waals surface area contributed by atoms with Gasteiger partial charge in [0.15, 0.2) is 0 Å². The van der Waals surface area contributed by atoms with Gasteiger partial charge in [-0.05, 0) is 62.1 Å². The van der Waals surface area contributed by atoms with Crippen LogP contribution >= 0.6 is 0 Å². The summed E-state index contributed by atoms with van der Waals surface area (Å²) in [5.74, 6) is -0.465. The molecule has 154 valence electrons. The number of carbonyl (C=O) groups excluding carboxylic acids is 1. The van der Waals surface area contributed by atoms with Crippen molar-refractivity contribution in [3.63, 3.8) is 0 Å². The van der Waals surface area contributed by atoms with E-state index in [1.807, 2.05) is 24.3 Å². The third-order valence-corrected chi connectivity index (χ3v) is 7.62. The van der Waals surface area contributed by atoms with Gasteiger partial charge in [0.2, 0.25) is 15.9 Å². The van der Waals surface area contributed by atoms with Gasteiger partial charge >= 0.3 is 0 Å². The van der Waals surface area contributed by atoms with E-state index in [0.717, 1.165) is 18.8 Å². The second-order valence-electron chi connectivity index (χ2n) is 7.75. The molecule has 2 saturated heterocycles. The van der Waals surface area contributed by atoms with Crippen molar-refractivity contribution in [2.45, 2.75) is 30.6 Å². The topological polar surface area (TPSA) is 69.7 Å². The lowest BCUT2D eigenvalue weighted by Gasteiger charge is -2.31. The van der Waals surface area contributed by atoms with Crippen LogP contribution in [-0.2, 0) is 14.8 Å². The first kappa shape index (κ1) is 19.9. The van der Waals surface area contributed by atoms with Gasteiger partial charge < -0.3 is 10.2 Å². The lowest BCUT2D eigenvalue weighted by atomic mass is 9.98. The Kier molecular flexibility index (Phi) is 5.87. The predicted octanol–water partition coefficient (Wildman–Crippen LogP) is 3.33. The van der Waals surface area contributed by atoms with Crippen molar-refractivity contribution >= 4 is 27.3 Å². The molecule has 2 aromatic rings. The highest BCUT2D eigenvalue weighted by Gasteiger charge is 2.33. The number of benzene rings is 2. The molecule has 2 fully saturated rings. The zero-order valence-electron chi connectivity index (χ0n) is 16.5. The fourth-order valence-corrected chi connectivity index (χ4v) is 5.64. The van der Waals surface area contributed by atoms with E-state index in [1.165, 1.54) is 22.8 Å². The van der Waals surface area contributed by atoms with E-state index in [4.69, 9.17) is 0 Å². The van der Waals surface area contributed by atoms with Gasteiger partial charge in [-0.1, -0.05) is 18.2 Å². The minimum absolute atomic E-state index is 0.119. The molecule has 2 heterocycles. The number of hydrogen-bond acceptors (Lipinski definition) is 4. The molecule has 0 saturated carbocycles. The fourth-order valence-electron chi connectivity index (χ4n) is 4.09. The number of sulfonamides is 1. The molecule has 7 heteroatoms. The number of anilines is 2. The minimum atomic E-state index is -3.57. The lowest BCUT2D eigenvalue weighted by molar-refractivity contribution is -0.120. The van der Waals surface area contributed by atoms with Crippen molar-refractivity contribution in [1.29, 1.82) is 0 Å². The van der Waals surface area contributed by atoms with Crippen molar-refractivity contribution in [2.75, 3.05) is 36.4 Å². The van der Waals surface area contributed by atoms with Crippen molar-refractivity contribution in [3.8, 4) is 0 Å². The van der Waals surface area contributed by atoms with Crippen LogP contribution in [0, 0.1) is 5.92 Å². The Morgan fingerprint density at radius 1 is 0.897 bits per heavy atom. The van der Waals surface area contributed by atoms with Gasteiger partial charge in [0.05, 0.1) is 10.8 Å². The third kappa shape index (κ3) is 4.46. The van der Waals surface area contributed by atoms with Crippen molar-refractivity contribution in [2.24, 2.45) is 5.92 Å². The van der Waals surface area contributed by atoms with Crippen molar-refractivity contribution in [1.82, 2.24) is 4.31 Å². The summed E-state index contributed by atoms with van der Waals surface area (Å²) in [6.07, 6.45) is 3.82. The molecular formula is C22H27N3O3S. The van der Waals surface area contributed by atoms with Crippen LogP contribution in [0.5, 0.6) is 0 Å². The van der Waals surface area contributed by atoms with Crippen LogP contribution in [-0.4, -0.2) is 44.8 Å². The molecule has 1 N–H and O–H groups in total. The van der Waals surface area contributed by atoms with Gasteiger partial charge in [0.25, 0.3) is 0 Å². The molecule has 29 heavy (non-hydrogen) atoms. The Labute approximate surface area is 172 Å². The Bertz CT molecular complexity index is 939. The van der Waals surface area contributed by atoms with Gasteiger partial charge in [0.1, 0.15) is 0 Å². The summed E-state index contributed by atoms with van der Waals surface area (Å²) in [6, 6.07) is 16.3. The first-order chi connectivity index (χ1) is 14.0. The highest BCUT2D eigenvalue weighted by atomic mass is 32.2. The maximum Gasteiger partial charge on any atom is 0.243 e. The molecule has 1 amide bonds. The van der Waals surface area contributed by atoms with Gasteiger partial charge in [-0.2, -0.15) is 4.31 Å². The molecule has 0 aromatic heterocycles. The van der Waals surface area contributed by atoms with Crippen molar-refractivity contribution < 1.29 is 13.2 Å². The number of rotatable bonds is 5. The molecule has 0 bridgehead atoms. The van der Waals surface area contributed by atoms with Crippen LogP contribution in [0.2, 0.25) is 0 Å². The van der Waals surface area contributed by atoms with Crippen LogP contribution < -0.4 is 10.2 Å². The quantitative estimate of drug-likeness (QED) is 0.816. The van der Waals surface area contributed by atoms with Crippen LogP contribution in [0.15, 0.2) is 59.5 Å². The summed E-state index contributed by atoms with van der Waals surface area (Å²) in [4.78, 5) is 15.4. The van der Waals surface area contributed by atoms with Gasteiger partial charge in [-0.15, -0.1) is 0 Å². The number of carbonyl (C=O) groups is 1. The third-order valence-electron chi connectivity index (χ3n) is 5.74. The number of amides is 1. The summed E-state index contributed by atoms with van der Waals surface area (Å²) in [5, 5.41) is 2.96. The molecule has 0 spiro atoms. The highest BCUT2D eigenvalue weighted by Crippen LogP contribution is 2.26. The molecule has 0 radical (unpaired) electrons. The van der Waals surface area contributed by atoms with Crippen LogP contribution in [0.4, 0.5) is 11.4 Å². The Morgan fingerprint density at radius 3 is 2.28 bits per heavy atom. The van der Waals surface area contributed by atoms with E-state index in [2.05, 4.69) is 10.2 Å². The second-order valence-corrected chi connectivity index (χ2v) is 9.68. The average Bonchev–Trinajstić information content (AvgIpc) is 3.30. The van der Waals surface area contributed by atoms with E-state index in [-0.39, 0.29) is 23.3 Å². The van der Waals surface area contributed by atoms with Crippen LogP contribution in [0.1, 0.15) is 25.7 Å². The van der Waals surface area contributed by atoms with Crippen LogP contribution in [0.3, 0.4) is 0 Å². The number of piperidine rings is 1. The first-order valence-electron chi connectivity index (χ1n) is 10.2. The van der Waals surface area contributed by atoms with Gasteiger partial charge in [0, 0.05) is 37.6 Å². The summed E-state index contributed by atoms with van der Waals surface area (Å²) in [5.41, 5.74) is 1.93. The standard InChI is InChI=1S/C22H27N3O3S/c26-22(23-19-10-12-20(13-11-19)24-14-4-5-15-24)18-7-6-16-25(17-18)29(27,28)21-8-2-1-3-9-21/h1-3,8-13,18H,4-7,14-17H2,(H,23,26). The average molecular weight is 414 g/mol. The second kappa shape index (κ2) is 8.55. The number of nitrogens with zero attached hydrogens (tertiary/aromatic N) is 2. The lowest BCUT2D eigenvalue weighted by Crippen LogP contribution is -2.43. The fraction of sp³-hybridized carbons (Fsp3) is 0.409. The molecular weight excluding hydrogens is 386 g/mol. The van der Waals surface area contributed by atoms with Crippen molar-refractivity contribution in [3.05, 3.63) is 54.6 Å². The molecule has 4 rings (SSSR count). The Hall–Kier alpha value is -2.38. The monoisotopic (exact) mass is 413 g/mol. The zero-order chi connectivity index (χ0) is 20.3. The Balaban J connectivity index is 1.40. The smallest absolute Gasteiger partial charge is 0.243 e. The molecule has 0 aliphatic carbocycles. The molecule has 6 nitrogen and oxygen atoms in total. The van der Waals surface area contributed by atoms with E-state index >= 15 is 0 Å². The van der Waals surface area contributed by atoms with Gasteiger partial charge in [-0.3, -0.25) is 4.79 Å². The number of hydrogen-bond donors (Lipinski definition) is 1. The summed E-state index contributed by atoms with van der Waals surface area (Å²) >= 11 is 0. The molecule has 1 atom stereocenters.